The molecule has 0 aliphatic rings. The first-order valence-electron chi connectivity index (χ1n) is 7.11. The number of nitrogens with one attached hydrogen (secondary N) is 1. The van der Waals surface area contributed by atoms with Crippen molar-refractivity contribution in [1.82, 2.24) is 10.2 Å². The normalized spacial score (nSPS) is 11.3. The molecule has 0 radical (unpaired) electrons. The van der Waals surface area contributed by atoms with Crippen molar-refractivity contribution in [2.75, 3.05) is 26.7 Å². The van der Waals surface area contributed by atoms with Crippen molar-refractivity contribution in [3.8, 4) is 0 Å². The monoisotopic (exact) mass is 286 g/mol. The Labute approximate surface area is 126 Å². The van der Waals surface area contributed by atoms with Crippen LogP contribution >= 0.6 is 12.4 Å². The van der Waals surface area contributed by atoms with Crippen LogP contribution in [0.4, 0.5) is 0 Å². The van der Waals surface area contributed by atoms with Crippen LogP contribution in [0.15, 0.2) is 30.3 Å². The maximum atomic E-state index is 3.21. The standard InChI is InChI=1S/C10H15N.C6H15N.ClH/c1-9(11-2)8-10-6-4-3-5-7-10;1-4-7(5-2)6-3;/h3-7,9,11H,8H2,1-2H3;4-6H2,1-3H3;1H/t9-;;/m0../s1. The lowest BCUT2D eigenvalue weighted by Crippen LogP contribution is -2.23. The fraction of sp³-hybridized carbons (Fsp3) is 0.625. The SMILES string of the molecule is CCN(CC)CC.CN[C@@H](C)Cc1ccccc1.Cl. The molecule has 0 aliphatic carbocycles. The van der Waals surface area contributed by atoms with Crippen LogP contribution in [0.5, 0.6) is 0 Å². The summed E-state index contributed by atoms with van der Waals surface area (Å²) < 4.78 is 0. The van der Waals surface area contributed by atoms with E-state index in [1.807, 2.05) is 13.1 Å². The first kappa shape index (κ1) is 20.7. The molecule has 0 unspecified atom stereocenters. The van der Waals surface area contributed by atoms with Crippen LogP contribution in [0.25, 0.3) is 0 Å². The Morgan fingerprint density at radius 1 is 1.00 bits per heavy atom. The van der Waals surface area contributed by atoms with Gasteiger partial charge in [-0.3, -0.25) is 0 Å². The first-order valence-corrected chi connectivity index (χ1v) is 7.11. The number of nitrogens with zero attached hydrogens (tertiary/aromatic N) is 1. The Balaban J connectivity index is 0. The molecule has 112 valence electrons. The van der Waals surface area contributed by atoms with Crippen LogP contribution in [0.2, 0.25) is 0 Å². The quantitative estimate of drug-likeness (QED) is 0.859. The predicted octanol–water partition coefficient (Wildman–Crippen LogP) is 3.61. The van der Waals surface area contributed by atoms with Gasteiger partial charge in [-0.05, 0) is 45.6 Å². The number of benzene rings is 1. The Morgan fingerprint density at radius 2 is 1.47 bits per heavy atom. The zero-order chi connectivity index (χ0) is 13.8. The van der Waals surface area contributed by atoms with Crippen molar-refractivity contribution >= 4 is 12.4 Å². The molecule has 19 heavy (non-hydrogen) atoms. The number of hydrogen-bond donors (Lipinski definition) is 1. The second-order valence-corrected chi connectivity index (χ2v) is 4.50. The summed E-state index contributed by atoms with van der Waals surface area (Å²) in [5.41, 5.74) is 1.40. The van der Waals surface area contributed by atoms with Crippen molar-refractivity contribution in [3.05, 3.63) is 35.9 Å². The molecule has 1 N–H and O–H groups in total. The van der Waals surface area contributed by atoms with E-state index in [2.05, 4.69) is 62.2 Å². The molecular formula is C16H31ClN2. The average molecular weight is 287 g/mol. The average Bonchev–Trinajstić information content (AvgIpc) is 2.42. The number of likely N-dealkylation sites (N-methyl/N-ethyl adjacent to an activating group) is 1. The van der Waals surface area contributed by atoms with Gasteiger partial charge in [-0.1, -0.05) is 51.1 Å². The molecule has 0 aromatic heterocycles. The van der Waals surface area contributed by atoms with E-state index in [-0.39, 0.29) is 12.4 Å². The van der Waals surface area contributed by atoms with E-state index in [0.29, 0.717) is 6.04 Å². The van der Waals surface area contributed by atoms with Crippen LogP contribution in [0, 0.1) is 0 Å². The number of halogens is 1. The lowest BCUT2D eigenvalue weighted by atomic mass is 10.1. The molecule has 2 nitrogen and oxygen atoms in total. The Kier molecular flexibility index (Phi) is 15.1. The zero-order valence-electron chi connectivity index (χ0n) is 13.1. The predicted molar refractivity (Wildman–Crippen MR) is 89.4 cm³/mol. The third-order valence-electron chi connectivity index (χ3n) is 3.22. The van der Waals surface area contributed by atoms with Gasteiger partial charge in [-0.15, -0.1) is 12.4 Å². The minimum Gasteiger partial charge on any atom is -0.317 e. The maximum Gasteiger partial charge on any atom is 0.00761 e. The van der Waals surface area contributed by atoms with Gasteiger partial charge in [0.15, 0.2) is 0 Å². The Hall–Kier alpha value is -0.570. The molecule has 0 saturated carbocycles. The second-order valence-electron chi connectivity index (χ2n) is 4.50. The maximum absolute atomic E-state index is 3.21. The van der Waals surface area contributed by atoms with E-state index in [0.717, 1.165) is 6.42 Å². The van der Waals surface area contributed by atoms with Crippen LogP contribution in [0.1, 0.15) is 33.3 Å². The molecule has 0 amide bonds. The fourth-order valence-electron chi connectivity index (χ4n) is 1.74. The van der Waals surface area contributed by atoms with Crippen molar-refractivity contribution in [1.29, 1.82) is 0 Å². The summed E-state index contributed by atoms with van der Waals surface area (Å²) in [7, 11) is 1.99. The summed E-state index contributed by atoms with van der Waals surface area (Å²) in [6, 6.07) is 11.1. The number of hydrogen-bond acceptors (Lipinski definition) is 2. The second kappa shape index (κ2) is 13.9. The topological polar surface area (TPSA) is 15.3 Å². The highest BCUT2D eigenvalue weighted by Gasteiger charge is 1.97. The summed E-state index contributed by atoms with van der Waals surface area (Å²) >= 11 is 0. The lowest BCUT2D eigenvalue weighted by molar-refractivity contribution is 0.321. The lowest BCUT2D eigenvalue weighted by Gasteiger charge is -2.13. The molecular weight excluding hydrogens is 256 g/mol. The third-order valence-corrected chi connectivity index (χ3v) is 3.22. The molecule has 1 rings (SSSR count). The highest BCUT2D eigenvalue weighted by molar-refractivity contribution is 5.85. The van der Waals surface area contributed by atoms with E-state index < -0.39 is 0 Å². The van der Waals surface area contributed by atoms with Gasteiger partial charge in [0, 0.05) is 6.04 Å². The molecule has 0 heterocycles. The largest absolute Gasteiger partial charge is 0.317 e. The molecule has 0 saturated heterocycles. The van der Waals surface area contributed by atoms with Gasteiger partial charge in [0.25, 0.3) is 0 Å². The van der Waals surface area contributed by atoms with Crippen molar-refractivity contribution in [2.45, 2.75) is 40.2 Å². The molecule has 0 aliphatic heterocycles. The summed E-state index contributed by atoms with van der Waals surface area (Å²) in [6.45, 7) is 12.3. The van der Waals surface area contributed by atoms with Crippen LogP contribution in [-0.4, -0.2) is 37.6 Å². The summed E-state index contributed by atoms with van der Waals surface area (Å²) in [5.74, 6) is 0. The van der Waals surface area contributed by atoms with Crippen LogP contribution < -0.4 is 5.32 Å². The van der Waals surface area contributed by atoms with E-state index in [4.69, 9.17) is 0 Å². The highest BCUT2D eigenvalue weighted by atomic mass is 35.5. The van der Waals surface area contributed by atoms with E-state index in [1.165, 1.54) is 25.2 Å². The minimum atomic E-state index is 0. The van der Waals surface area contributed by atoms with Gasteiger partial charge in [0.1, 0.15) is 0 Å². The van der Waals surface area contributed by atoms with E-state index in [1.54, 1.807) is 0 Å². The fourth-order valence-corrected chi connectivity index (χ4v) is 1.74. The van der Waals surface area contributed by atoms with E-state index >= 15 is 0 Å². The molecule has 1 aromatic rings. The minimum absolute atomic E-state index is 0. The summed E-state index contributed by atoms with van der Waals surface area (Å²) in [6.07, 6.45) is 1.11. The van der Waals surface area contributed by atoms with Crippen LogP contribution in [-0.2, 0) is 6.42 Å². The summed E-state index contributed by atoms with van der Waals surface area (Å²) in [4.78, 5) is 2.38. The summed E-state index contributed by atoms with van der Waals surface area (Å²) in [5, 5.41) is 3.21. The van der Waals surface area contributed by atoms with E-state index in [9.17, 15) is 0 Å². The van der Waals surface area contributed by atoms with Gasteiger partial charge in [0.2, 0.25) is 0 Å². The van der Waals surface area contributed by atoms with Crippen LogP contribution in [0.3, 0.4) is 0 Å². The molecule has 1 aromatic carbocycles. The highest BCUT2D eigenvalue weighted by Crippen LogP contribution is 2.01. The Morgan fingerprint density at radius 3 is 1.79 bits per heavy atom. The van der Waals surface area contributed by atoms with Gasteiger partial charge >= 0.3 is 0 Å². The van der Waals surface area contributed by atoms with Gasteiger partial charge in [-0.25, -0.2) is 0 Å². The van der Waals surface area contributed by atoms with Gasteiger partial charge in [0.05, 0.1) is 0 Å². The molecule has 1 atom stereocenters. The molecule has 0 spiro atoms. The third kappa shape index (κ3) is 11.0. The van der Waals surface area contributed by atoms with Gasteiger partial charge in [-0.2, -0.15) is 0 Å². The zero-order valence-corrected chi connectivity index (χ0v) is 14.0. The number of rotatable bonds is 6. The first-order chi connectivity index (χ1) is 8.67. The smallest absolute Gasteiger partial charge is 0.00761 e. The molecule has 0 bridgehead atoms. The Bertz CT molecular complexity index is 268. The van der Waals surface area contributed by atoms with Gasteiger partial charge < -0.3 is 10.2 Å². The van der Waals surface area contributed by atoms with Crippen molar-refractivity contribution in [3.63, 3.8) is 0 Å². The molecule has 3 heteroatoms. The van der Waals surface area contributed by atoms with Crippen molar-refractivity contribution in [2.24, 2.45) is 0 Å². The van der Waals surface area contributed by atoms with Crippen molar-refractivity contribution < 1.29 is 0 Å². The molecule has 0 fully saturated rings.